The van der Waals surface area contributed by atoms with Gasteiger partial charge in [-0.2, -0.15) is 13.2 Å². The first-order valence-electron chi connectivity index (χ1n) is 5.64. The van der Waals surface area contributed by atoms with E-state index in [9.17, 15) is 17.6 Å². The van der Waals surface area contributed by atoms with E-state index in [4.69, 9.17) is 0 Å². The Kier molecular flexibility index (Phi) is 4.17. The van der Waals surface area contributed by atoms with Crippen LogP contribution in [-0.2, 0) is 19.0 Å². The molecular formula is C13H16F4. The number of halogens is 4. The van der Waals surface area contributed by atoms with Gasteiger partial charge in [-0.15, -0.1) is 0 Å². The second-order valence-electron chi connectivity index (χ2n) is 4.55. The van der Waals surface area contributed by atoms with Crippen LogP contribution in [0.5, 0.6) is 0 Å². The van der Waals surface area contributed by atoms with Gasteiger partial charge in [0.2, 0.25) is 0 Å². The summed E-state index contributed by atoms with van der Waals surface area (Å²) in [5.74, 6) is -0.555. The van der Waals surface area contributed by atoms with Crippen molar-refractivity contribution < 1.29 is 17.6 Å². The third kappa shape index (κ3) is 3.45. The highest BCUT2D eigenvalue weighted by molar-refractivity contribution is 5.35. The van der Waals surface area contributed by atoms with Crippen molar-refractivity contribution in [3.05, 3.63) is 34.6 Å². The number of hydrogen-bond acceptors (Lipinski definition) is 0. The molecule has 0 spiro atoms. The summed E-state index contributed by atoms with van der Waals surface area (Å²) in [6.45, 7) is 5.30. The molecule has 0 aliphatic carbocycles. The number of benzene rings is 1. The first-order valence-corrected chi connectivity index (χ1v) is 5.64. The fraction of sp³-hybridized carbons (Fsp3) is 0.538. The Hall–Kier alpha value is -1.06. The van der Waals surface area contributed by atoms with Gasteiger partial charge < -0.3 is 0 Å². The summed E-state index contributed by atoms with van der Waals surface area (Å²) in [5.41, 5.74) is -0.678. The van der Waals surface area contributed by atoms with Gasteiger partial charge in [0.1, 0.15) is 5.82 Å². The molecule has 0 fully saturated rings. The van der Waals surface area contributed by atoms with Gasteiger partial charge in [0.15, 0.2) is 0 Å². The average Bonchev–Trinajstić information content (AvgIpc) is 2.14. The molecular weight excluding hydrogens is 232 g/mol. The molecule has 0 aromatic heterocycles. The third-order valence-corrected chi connectivity index (χ3v) is 2.56. The van der Waals surface area contributed by atoms with Crippen LogP contribution in [0.2, 0.25) is 0 Å². The highest BCUT2D eigenvalue weighted by Gasteiger charge is 2.34. The molecule has 0 amide bonds. The predicted molar refractivity (Wildman–Crippen MR) is 59.3 cm³/mol. The highest BCUT2D eigenvalue weighted by atomic mass is 19.4. The molecule has 1 rings (SSSR count). The smallest absolute Gasteiger partial charge is 0.207 e. The Labute approximate surface area is 98.6 Å². The normalized spacial score (nSPS) is 12.2. The Balaban J connectivity index is 3.29. The molecule has 0 unspecified atom stereocenters. The highest BCUT2D eigenvalue weighted by Crippen LogP contribution is 2.34. The van der Waals surface area contributed by atoms with Crippen molar-refractivity contribution in [2.75, 3.05) is 0 Å². The van der Waals surface area contributed by atoms with Gasteiger partial charge in [0.25, 0.3) is 0 Å². The number of alkyl halides is 3. The molecule has 0 heterocycles. The molecule has 1 aromatic carbocycles. The summed E-state index contributed by atoms with van der Waals surface area (Å²) in [6, 6.07) is 2.29. The van der Waals surface area contributed by atoms with Crippen molar-refractivity contribution in [1.29, 1.82) is 0 Å². The van der Waals surface area contributed by atoms with Crippen molar-refractivity contribution in [3.8, 4) is 0 Å². The second kappa shape index (κ2) is 5.07. The fourth-order valence-electron chi connectivity index (χ4n) is 1.89. The van der Waals surface area contributed by atoms with Crippen molar-refractivity contribution in [3.63, 3.8) is 0 Å². The molecule has 0 bridgehead atoms. The molecule has 0 saturated heterocycles. The summed E-state index contributed by atoms with van der Waals surface area (Å²) in [4.78, 5) is 0. The van der Waals surface area contributed by atoms with Gasteiger partial charge in [0.05, 0.1) is 5.56 Å². The quantitative estimate of drug-likeness (QED) is 0.685. The van der Waals surface area contributed by atoms with Crippen molar-refractivity contribution in [2.24, 2.45) is 5.92 Å². The standard InChI is InChI=1S/C13H16F4/c1-4-10-11(13(15,16)17)6-9(5-8(2)3)7-12(10)14/h6-8H,4-5H2,1-3H3. The van der Waals surface area contributed by atoms with E-state index in [1.807, 2.05) is 13.8 Å². The van der Waals surface area contributed by atoms with E-state index in [1.54, 1.807) is 0 Å². The zero-order valence-electron chi connectivity index (χ0n) is 10.2. The maximum absolute atomic E-state index is 13.6. The fourth-order valence-corrected chi connectivity index (χ4v) is 1.89. The van der Waals surface area contributed by atoms with Gasteiger partial charge in [0, 0.05) is 0 Å². The molecule has 0 radical (unpaired) electrons. The van der Waals surface area contributed by atoms with E-state index in [-0.39, 0.29) is 17.9 Å². The molecule has 4 heteroatoms. The van der Waals surface area contributed by atoms with Crippen LogP contribution in [0.1, 0.15) is 37.5 Å². The van der Waals surface area contributed by atoms with Crippen LogP contribution in [0.4, 0.5) is 17.6 Å². The maximum atomic E-state index is 13.6. The van der Waals surface area contributed by atoms with Crippen LogP contribution in [0, 0.1) is 11.7 Å². The molecule has 0 saturated carbocycles. The predicted octanol–water partition coefficient (Wildman–Crippen LogP) is 4.61. The molecule has 96 valence electrons. The molecule has 17 heavy (non-hydrogen) atoms. The zero-order valence-corrected chi connectivity index (χ0v) is 10.2. The van der Waals surface area contributed by atoms with E-state index >= 15 is 0 Å². The topological polar surface area (TPSA) is 0 Å². The van der Waals surface area contributed by atoms with Gasteiger partial charge in [-0.25, -0.2) is 4.39 Å². The summed E-state index contributed by atoms with van der Waals surface area (Å²) in [6.07, 6.45) is -3.99. The molecule has 0 atom stereocenters. The van der Waals surface area contributed by atoms with E-state index in [2.05, 4.69) is 0 Å². The first kappa shape index (κ1) is 14.0. The van der Waals surface area contributed by atoms with E-state index < -0.39 is 17.6 Å². The molecule has 0 aliphatic heterocycles. The van der Waals surface area contributed by atoms with E-state index in [0.29, 0.717) is 12.0 Å². The van der Waals surface area contributed by atoms with Crippen LogP contribution in [0.15, 0.2) is 12.1 Å². The maximum Gasteiger partial charge on any atom is 0.416 e. The summed E-state index contributed by atoms with van der Waals surface area (Å²) in [5, 5.41) is 0. The summed E-state index contributed by atoms with van der Waals surface area (Å²) < 4.78 is 51.9. The Morgan fingerprint density at radius 3 is 2.18 bits per heavy atom. The number of hydrogen-bond donors (Lipinski definition) is 0. The lowest BCUT2D eigenvalue weighted by atomic mass is 9.96. The van der Waals surface area contributed by atoms with Gasteiger partial charge in [-0.3, -0.25) is 0 Å². The lowest BCUT2D eigenvalue weighted by molar-refractivity contribution is -0.138. The SMILES string of the molecule is CCc1c(F)cc(CC(C)C)cc1C(F)(F)F. The summed E-state index contributed by atoms with van der Waals surface area (Å²) in [7, 11) is 0. The lowest BCUT2D eigenvalue weighted by Gasteiger charge is -2.15. The Morgan fingerprint density at radius 2 is 1.76 bits per heavy atom. The molecule has 0 nitrogen and oxygen atoms in total. The van der Waals surface area contributed by atoms with Gasteiger partial charge >= 0.3 is 6.18 Å². The average molecular weight is 248 g/mol. The monoisotopic (exact) mass is 248 g/mol. The molecule has 0 N–H and O–H groups in total. The van der Waals surface area contributed by atoms with Crippen LogP contribution >= 0.6 is 0 Å². The van der Waals surface area contributed by atoms with E-state index in [0.717, 1.165) is 6.07 Å². The first-order chi connectivity index (χ1) is 7.75. The Morgan fingerprint density at radius 1 is 1.18 bits per heavy atom. The largest absolute Gasteiger partial charge is 0.416 e. The van der Waals surface area contributed by atoms with Crippen LogP contribution in [0.25, 0.3) is 0 Å². The number of rotatable bonds is 3. The summed E-state index contributed by atoms with van der Waals surface area (Å²) >= 11 is 0. The van der Waals surface area contributed by atoms with Crippen molar-refractivity contribution in [1.82, 2.24) is 0 Å². The molecule has 1 aromatic rings. The van der Waals surface area contributed by atoms with Crippen LogP contribution in [-0.4, -0.2) is 0 Å². The second-order valence-corrected chi connectivity index (χ2v) is 4.55. The minimum Gasteiger partial charge on any atom is -0.207 e. The van der Waals surface area contributed by atoms with Gasteiger partial charge in [-0.1, -0.05) is 20.8 Å². The Bertz CT molecular complexity index is 391. The van der Waals surface area contributed by atoms with Crippen molar-refractivity contribution in [2.45, 2.75) is 39.8 Å². The third-order valence-electron chi connectivity index (χ3n) is 2.56. The van der Waals surface area contributed by atoms with Gasteiger partial charge in [-0.05, 0) is 42.0 Å². The van der Waals surface area contributed by atoms with Crippen molar-refractivity contribution >= 4 is 0 Å². The minimum absolute atomic E-state index is 0.0443. The minimum atomic E-state index is -4.49. The van der Waals surface area contributed by atoms with E-state index in [1.165, 1.54) is 13.0 Å². The zero-order chi connectivity index (χ0) is 13.2. The molecule has 0 aliphatic rings. The lowest BCUT2D eigenvalue weighted by Crippen LogP contribution is -2.12. The van der Waals surface area contributed by atoms with Crippen LogP contribution < -0.4 is 0 Å². The van der Waals surface area contributed by atoms with Crippen LogP contribution in [0.3, 0.4) is 0 Å².